The van der Waals surface area contributed by atoms with E-state index >= 15 is 0 Å². The van der Waals surface area contributed by atoms with E-state index in [-0.39, 0.29) is 12.6 Å². The highest BCUT2D eigenvalue weighted by molar-refractivity contribution is 5.48. The lowest BCUT2D eigenvalue weighted by Gasteiger charge is -2.18. The lowest BCUT2D eigenvalue weighted by molar-refractivity contribution is 0.273. The molecule has 0 amide bonds. The van der Waals surface area contributed by atoms with Gasteiger partial charge in [-0.2, -0.15) is 0 Å². The van der Waals surface area contributed by atoms with Gasteiger partial charge in [0.05, 0.1) is 12.6 Å². The van der Waals surface area contributed by atoms with E-state index in [1.807, 2.05) is 38.1 Å². The summed E-state index contributed by atoms with van der Waals surface area (Å²) in [7, 11) is 0. The molecule has 5 nitrogen and oxygen atoms in total. The predicted molar refractivity (Wildman–Crippen MR) is 85.6 cm³/mol. The highest BCUT2D eigenvalue weighted by Gasteiger charge is 2.10. The van der Waals surface area contributed by atoms with Gasteiger partial charge in [0, 0.05) is 12.6 Å². The second-order valence-corrected chi connectivity index (χ2v) is 4.93. The Hall–Kier alpha value is -2.14. The molecule has 1 heterocycles. The zero-order valence-corrected chi connectivity index (χ0v) is 12.5. The number of aliphatic hydroxyl groups excluding tert-OH is 1. The molecule has 0 aliphatic rings. The smallest absolute Gasteiger partial charge is 0.132 e. The number of nitrogens with one attached hydrogen (secondary N) is 2. The molecular formula is C16H22N4O. The molecule has 0 saturated carbocycles. The van der Waals surface area contributed by atoms with Crippen LogP contribution >= 0.6 is 0 Å². The van der Waals surface area contributed by atoms with Crippen LogP contribution in [0.15, 0.2) is 36.4 Å². The maximum Gasteiger partial charge on any atom is 0.132 e. The van der Waals surface area contributed by atoms with E-state index in [4.69, 9.17) is 0 Å². The summed E-state index contributed by atoms with van der Waals surface area (Å²) in [6.07, 6.45) is 0.747. The summed E-state index contributed by atoms with van der Waals surface area (Å²) in [5.41, 5.74) is 1.18. The molecule has 0 fully saturated rings. The monoisotopic (exact) mass is 286 g/mol. The second-order valence-electron chi connectivity index (χ2n) is 4.93. The Kier molecular flexibility index (Phi) is 5.51. The molecule has 5 heteroatoms. The Labute approximate surface area is 125 Å². The van der Waals surface area contributed by atoms with Crippen molar-refractivity contribution >= 4 is 11.6 Å². The number of hydrogen-bond acceptors (Lipinski definition) is 5. The van der Waals surface area contributed by atoms with Crippen molar-refractivity contribution in [2.24, 2.45) is 0 Å². The molecule has 21 heavy (non-hydrogen) atoms. The zero-order chi connectivity index (χ0) is 15.1. The number of benzene rings is 1. The first-order chi connectivity index (χ1) is 10.2. The van der Waals surface area contributed by atoms with Gasteiger partial charge in [0.15, 0.2) is 0 Å². The highest BCUT2D eigenvalue weighted by Crippen LogP contribution is 2.13. The van der Waals surface area contributed by atoms with Crippen molar-refractivity contribution in [1.82, 2.24) is 9.97 Å². The number of nitrogens with zero attached hydrogens (tertiary/aromatic N) is 2. The summed E-state index contributed by atoms with van der Waals surface area (Å²) < 4.78 is 0. The van der Waals surface area contributed by atoms with Crippen LogP contribution in [-0.4, -0.2) is 34.3 Å². The van der Waals surface area contributed by atoms with Crippen LogP contribution in [0.25, 0.3) is 0 Å². The van der Waals surface area contributed by atoms with Crippen molar-refractivity contribution in [3.63, 3.8) is 0 Å². The van der Waals surface area contributed by atoms with Crippen LogP contribution in [0.3, 0.4) is 0 Å². The molecule has 1 atom stereocenters. The molecule has 0 saturated heterocycles. The third-order valence-corrected chi connectivity index (χ3v) is 3.09. The molecule has 0 radical (unpaired) electrons. The molecule has 0 aliphatic heterocycles. The molecule has 3 N–H and O–H groups in total. The predicted octanol–water partition coefficient (Wildman–Crippen LogP) is 2.23. The van der Waals surface area contributed by atoms with Crippen molar-refractivity contribution in [3.8, 4) is 0 Å². The zero-order valence-electron chi connectivity index (χ0n) is 12.5. The molecule has 2 rings (SSSR count). The summed E-state index contributed by atoms with van der Waals surface area (Å²) in [6.45, 7) is 4.74. The fraction of sp³-hybridized carbons (Fsp3) is 0.375. The van der Waals surface area contributed by atoms with Gasteiger partial charge < -0.3 is 15.7 Å². The van der Waals surface area contributed by atoms with E-state index in [2.05, 4.69) is 32.7 Å². The summed E-state index contributed by atoms with van der Waals surface area (Å²) in [5.74, 6) is 2.23. The maximum atomic E-state index is 9.57. The third kappa shape index (κ3) is 4.72. The molecule has 0 spiro atoms. The topological polar surface area (TPSA) is 70.1 Å². The van der Waals surface area contributed by atoms with Gasteiger partial charge in [0.25, 0.3) is 0 Å². The van der Waals surface area contributed by atoms with Gasteiger partial charge in [-0.15, -0.1) is 0 Å². The summed E-state index contributed by atoms with van der Waals surface area (Å²) >= 11 is 0. The number of anilines is 2. The van der Waals surface area contributed by atoms with Gasteiger partial charge in [-0.25, -0.2) is 9.97 Å². The van der Waals surface area contributed by atoms with Gasteiger partial charge in [-0.3, -0.25) is 0 Å². The number of hydrogen-bond donors (Lipinski definition) is 3. The van der Waals surface area contributed by atoms with Crippen LogP contribution in [0.5, 0.6) is 0 Å². The van der Waals surface area contributed by atoms with Crippen molar-refractivity contribution in [2.75, 3.05) is 23.8 Å². The van der Waals surface area contributed by atoms with Crippen LogP contribution in [0, 0.1) is 6.92 Å². The van der Waals surface area contributed by atoms with Gasteiger partial charge in [0.2, 0.25) is 0 Å². The van der Waals surface area contributed by atoms with Crippen molar-refractivity contribution in [3.05, 3.63) is 47.8 Å². The number of rotatable bonds is 7. The Morgan fingerprint density at radius 1 is 1.14 bits per heavy atom. The molecular weight excluding hydrogens is 264 g/mol. The Morgan fingerprint density at radius 2 is 1.86 bits per heavy atom. The van der Waals surface area contributed by atoms with Crippen LogP contribution in [0.1, 0.15) is 18.3 Å². The van der Waals surface area contributed by atoms with Crippen LogP contribution in [0.4, 0.5) is 11.6 Å². The SMILES string of the molecule is CCNc1cc(NC(CO)Cc2ccccc2)nc(C)n1. The molecule has 0 aliphatic carbocycles. The van der Waals surface area contributed by atoms with E-state index in [0.29, 0.717) is 5.82 Å². The number of aromatic nitrogens is 2. The first-order valence-electron chi connectivity index (χ1n) is 7.22. The average Bonchev–Trinajstić information content (AvgIpc) is 2.47. The van der Waals surface area contributed by atoms with E-state index in [9.17, 15) is 5.11 Å². The first kappa shape index (κ1) is 15.3. The Morgan fingerprint density at radius 3 is 2.52 bits per heavy atom. The standard InChI is InChI=1S/C16H22N4O/c1-3-17-15-10-16(19-12(2)18-15)20-14(11-21)9-13-7-5-4-6-8-13/h4-8,10,14,21H,3,9,11H2,1-2H3,(H2,17,18,19,20). The van der Waals surface area contributed by atoms with Crippen LogP contribution < -0.4 is 10.6 Å². The first-order valence-corrected chi connectivity index (χ1v) is 7.22. The Bertz CT molecular complexity index is 559. The van der Waals surface area contributed by atoms with Crippen molar-refractivity contribution < 1.29 is 5.11 Å². The largest absolute Gasteiger partial charge is 0.394 e. The van der Waals surface area contributed by atoms with Gasteiger partial charge in [0.1, 0.15) is 17.5 Å². The van der Waals surface area contributed by atoms with Crippen LogP contribution in [0.2, 0.25) is 0 Å². The molecule has 1 aromatic heterocycles. The number of aliphatic hydroxyl groups is 1. The van der Waals surface area contributed by atoms with E-state index in [1.54, 1.807) is 0 Å². The van der Waals surface area contributed by atoms with Gasteiger partial charge in [-0.05, 0) is 25.8 Å². The maximum absolute atomic E-state index is 9.57. The molecule has 1 aromatic carbocycles. The third-order valence-electron chi connectivity index (χ3n) is 3.09. The highest BCUT2D eigenvalue weighted by atomic mass is 16.3. The normalized spacial score (nSPS) is 12.0. The molecule has 112 valence electrons. The lowest BCUT2D eigenvalue weighted by atomic mass is 10.1. The minimum atomic E-state index is -0.0730. The van der Waals surface area contributed by atoms with Gasteiger partial charge >= 0.3 is 0 Å². The quantitative estimate of drug-likeness (QED) is 0.728. The minimum absolute atomic E-state index is 0.0501. The minimum Gasteiger partial charge on any atom is -0.394 e. The second kappa shape index (κ2) is 7.59. The summed E-state index contributed by atoms with van der Waals surface area (Å²) in [5, 5.41) is 16.0. The molecule has 1 unspecified atom stereocenters. The molecule has 0 bridgehead atoms. The van der Waals surface area contributed by atoms with E-state index in [0.717, 1.165) is 24.6 Å². The Balaban J connectivity index is 2.07. The summed E-state index contributed by atoms with van der Waals surface area (Å²) in [6, 6.07) is 11.9. The van der Waals surface area contributed by atoms with Gasteiger partial charge in [-0.1, -0.05) is 30.3 Å². The fourth-order valence-corrected chi connectivity index (χ4v) is 2.18. The number of aryl methyl sites for hydroxylation is 1. The average molecular weight is 286 g/mol. The lowest BCUT2D eigenvalue weighted by Crippen LogP contribution is -2.27. The van der Waals surface area contributed by atoms with Crippen molar-refractivity contribution in [1.29, 1.82) is 0 Å². The molecule has 2 aromatic rings. The summed E-state index contributed by atoms with van der Waals surface area (Å²) in [4.78, 5) is 8.69. The fourth-order valence-electron chi connectivity index (χ4n) is 2.18. The van der Waals surface area contributed by atoms with E-state index < -0.39 is 0 Å². The van der Waals surface area contributed by atoms with E-state index in [1.165, 1.54) is 5.56 Å². The van der Waals surface area contributed by atoms with Crippen LogP contribution in [-0.2, 0) is 6.42 Å². The van der Waals surface area contributed by atoms with Crippen molar-refractivity contribution in [2.45, 2.75) is 26.3 Å².